The molecule has 0 spiro atoms. The second kappa shape index (κ2) is 5.81. The number of hydrogen-bond acceptors (Lipinski definition) is 3. The molecule has 3 amide bonds. The molecule has 2 aromatic rings. The van der Waals surface area contributed by atoms with E-state index in [2.05, 4.69) is 16.2 Å². The predicted octanol–water partition coefficient (Wildman–Crippen LogP) is 2.47. The van der Waals surface area contributed by atoms with Gasteiger partial charge in [0.25, 0.3) is 5.91 Å². The number of rotatable bonds is 1. The van der Waals surface area contributed by atoms with Crippen molar-refractivity contribution in [1.29, 1.82) is 0 Å². The predicted molar refractivity (Wildman–Crippen MR) is 87.6 cm³/mol. The van der Waals surface area contributed by atoms with Crippen molar-refractivity contribution in [2.75, 3.05) is 23.8 Å². The number of nitrogens with zero attached hydrogens (tertiary/aromatic N) is 3. The normalized spacial score (nSPS) is 12.3. The van der Waals surface area contributed by atoms with E-state index in [1.165, 1.54) is 9.80 Å². The van der Waals surface area contributed by atoms with Crippen molar-refractivity contribution < 1.29 is 9.59 Å². The molecule has 114 valence electrons. The van der Waals surface area contributed by atoms with E-state index >= 15 is 0 Å². The van der Waals surface area contributed by atoms with Crippen molar-refractivity contribution in [2.24, 2.45) is 0 Å². The summed E-state index contributed by atoms with van der Waals surface area (Å²) in [6.07, 6.45) is 6.86. The Morgan fingerprint density at radius 1 is 1.35 bits per heavy atom. The first kappa shape index (κ1) is 14.6. The average Bonchev–Trinajstić information content (AvgIpc) is 2.69. The number of urea groups is 1. The first-order valence-corrected chi connectivity index (χ1v) is 6.97. The summed E-state index contributed by atoms with van der Waals surface area (Å²) in [7, 11) is 1.60. The van der Waals surface area contributed by atoms with E-state index in [-0.39, 0.29) is 18.5 Å². The number of benzene rings is 1. The third kappa shape index (κ3) is 2.49. The van der Waals surface area contributed by atoms with Gasteiger partial charge >= 0.3 is 6.03 Å². The Bertz CT molecular complexity index is 825. The van der Waals surface area contributed by atoms with Gasteiger partial charge in [0, 0.05) is 13.2 Å². The van der Waals surface area contributed by atoms with Gasteiger partial charge in [0.1, 0.15) is 0 Å². The Kier molecular flexibility index (Phi) is 3.69. The highest BCUT2D eigenvalue weighted by Crippen LogP contribution is 2.36. The fraction of sp³-hybridized carbons (Fsp3) is 0.118. The van der Waals surface area contributed by atoms with Gasteiger partial charge in [-0.1, -0.05) is 18.1 Å². The lowest BCUT2D eigenvalue weighted by Gasteiger charge is -2.27. The SMILES string of the molecule is C#CCN(C)C(=O)N1c2ccccc2C(=O)Nc2cccnc21. The molecule has 1 aliphatic heterocycles. The van der Waals surface area contributed by atoms with E-state index in [4.69, 9.17) is 6.42 Å². The lowest BCUT2D eigenvalue weighted by Crippen LogP contribution is -2.39. The van der Waals surface area contributed by atoms with Crippen LogP contribution in [0.15, 0.2) is 42.6 Å². The molecule has 0 bridgehead atoms. The number of terminal acetylenes is 1. The number of amides is 3. The minimum Gasteiger partial charge on any atom is -0.319 e. The first-order chi connectivity index (χ1) is 11.1. The van der Waals surface area contributed by atoms with Crippen LogP contribution in [0.2, 0.25) is 0 Å². The number of fused-ring (bicyclic) bond motifs is 2. The number of pyridine rings is 1. The van der Waals surface area contributed by atoms with Crippen LogP contribution in [0.4, 0.5) is 22.0 Å². The van der Waals surface area contributed by atoms with Crippen LogP contribution in [0.5, 0.6) is 0 Å². The molecule has 1 N–H and O–H groups in total. The Balaban J connectivity index is 2.21. The van der Waals surface area contributed by atoms with E-state index in [9.17, 15) is 9.59 Å². The van der Waals surface area contributed by atoms with Crippen LogP contribution in [0.1, 0.15) is 10.4 Å². The van der Waals surface area contributed by atoms with E-state index in [1.54, 1.807) is 49.6 Å². The van der Waals surface area contributed by atoms with Crippen molar-refractivity contribution >= 4 is 29.1 Å². The lowest BCUT2D eigenvalue weighted by molar-refractivity contribution is 0.102. The van der Waals surface area contributed by atoms with Crippen molar-refractivity contribution in [1.82, 2.24) is 9.88 Å². The quantitative estimate of drug-likeness (QED) is 0.823. The maximum Gasteiger partial charge on any atom is 0.330 e. The van der Waals surface area contributed by atoms with Crippen molar-refractivity contribution in [3.05, 3.63) is 48.2 Å². The summed E-state index contributed by atoms with van der Waals surface area (Å²) in [5, 5.41) is 2.78. The van der Waals surface area contributed by atoms with E-state index < -0.39 is 0 Å². The number of nitrogens with one attached hydrogen (secondary N) is 1. The molecule has 2 heterocycles. The van der Waals surface area contributed by atoms with Gasteiger partial charge in [-0.25, -0.2) is 14.7 Å². The summed E-state index contributed by atoms with van der Waals surface area (Å²) < 4.78 is 0. The second-order valence-corrected chi connectivity index (χ2v) is 5.02. The molecule has 0 fully saturated rings. The van der Waals surface area contributed by atoms with Crippen molar-refractivity contribution in [3.8, 4) is 12.3 Å². The van der Waals surface area contributed by atoms with Crippen LogP contribution >= 0.6 is 0 Å². The summed E-state index contributed by atoms with van der Waals surface area (Å²) in [4.78, 5) is 32.3. The summed E-state index contributed by atoms with van der Waals surface area (Å²) >= 11 is 0. The topological polar surface area (TPSA) is 65.5 Å². The maximum atomic E-state index is 12.9. The van der Waals surface area contributed by atoms with Crippen molar-refractivity contribution in [2.45, 2.75) is 0 Å². The maximum absolute atomic E-state index is 12.9. The van der Waals surface area contributed by atoms with Gasteiger partial charge in [-0.15, -0.1) is 6.42 Å². The summed E-state index contributed by atoms with van der Waals surface area (Å²) in [5.74, 6) is 2.51. The van der Waals surface area contributed by atoms with Crippen LogP contribution in [0.3, 0.4) is 0 Å². The number of para-hydroxylation sites is 1. The molecule has 0 atom stereocenters. The highest BCUT2D eigenvalue weighted by Gasteiger charge is 2.31. The molecular weight excluding hydrogens is 292 g/mol. The summed E-state index contributed by atoms with van der Waals surface area (Å²) in [6.45, 7) is 0.154. The fourth-order valence-corrected chi connectivity index (χ4v) is 2.41. The Hall–Kier alpha value is -3.33. The molecule has 1 aromatic carbocycles. The van der Waals surface area contributed by atoms with Gasteiger partial charge in [-0.05, 0) is 24.3 Å². The summed E-state index contributed by atoms with van der Waals surface area (Å²) in [5.41, 5.74) is 1.33. The van der Waals surface area contributed by atoms with Crippen LogP contribution in [0, 0.1) is 12.3 Å². The Labute approximate surface area is 133 Å². The number of aromatic nitrogens is 1. The number of carbonyl (C=O) groups is 2. The average molecular weight is 306 g/mol. The molecule has 3 rings (SSSR count). The van der Waals surface area contributed by atoms with Gasteiger partial charge in [-0.3, -0.25) is 4.79 Å². The van der Waals surface area contributed by atoms with Gasteiger partial charge < -0.3 is 10.2 Å². The zero-order valence-corrected chi connectivity index (χ0v) is 12.5. The monoisotopic (exact) mass is 306 g/mol. The number of hydrogen-bond donors (Lipinski definition) is 1. The molecule has 0 saturated heterocycles. The largest absolute Gasteiger partial charge is 0.330 e. The standard InChI is InChI=1S/C17H14N4O2/c1-3-11-20(2)17(23)21-14-9-5-4-7-12(14)16(22)19-13-8-6-10-18-15(13)21/h1,4-10H,11H2,2H3,(H,19,22). The molecule has 6 nitrogen and oxygen atoms in total. The molecule has 23 heavy (non-hydrogen) atoms. The third-order valence-corrected chi connectivity index (χ3v) is 3.48. The molecule has 0 unspecified atom stereocenters. The lowest BCUT2D eigenvalue weighted by atomic mass is 10.1. The van der Waals surface area contributed by atoms with Crippen LogP contribution in [0.25, 0.3) is 0 Å². The zero-order valence-electron chi connectivity index (χ0n) is 12.5. The Morgan fingerprint density at radius 3 is 2.91 bits per heavy atom. The van der Waals surface area contributed by atoms with Crippen molar-refractivity contribution in [3.63, 3.8) is 0 Å². The zero-order chi connectivity index (χ0) is 16.4. The minimum absolute atomic E-state index is 0.154. The fourth-order valence-electron chi connectivity index (χ4n) is 2.41. The molecule has 0 saturated carbocycles. The van der Waals surface area contributed by atoms with E-state index in [0.29, 0.717) is 22.8 Å². The molecule has 6 heteroatoms. The highest BCUT2D eigenvalue weighted by molar-refractivity contribution is 6.16. The van der Waals surface area contributed by atoms with Gasteiger partial charge in [0.2, 0.25) is 0 Å². The summed E-state index contributed by atoms with van der Waals surface area (Å²) in [6, 6.07) is 9.93. The van der Waals surface area contributed by atoms with Crippen LogP contribution < -0.4 is 10.2 Å². The molecule has 1 aliphatic rings. The Morgan fingerprint density at radius 2 is 2.13 bits per heavy atom. The first-order valence-electron chi connectivity index (χ1n) is 6.97. The third-order valence-electron chi connectivity index (χ3n) is 3.48. The van der Waals surface area contributed by atoms with Gasteiger partial charge in [-0.2, -0.15) is 0 Å². The number of anilines is 3. The smallest absolute Gasteiger partial charge is 0.319 e. The van der Waals surface area contributed by atoms with E-state index in [1.807, 2.05) is 0 Å². The van der Waals surface area contributed by atoms with Gasteiger partial charge in [0.05, 0.1) is 23.5 Å². The second-order valence-electron chi connectivity index (χ2n) is 5.02. The van der Waals surface area contributed by atoms with Gasteiger partial charge in [0.15, 0.2) is 5.82 Å². The highest BCUT2D eigenvalue weighted by atomic mass is 16.2. The minimum atomic E-state index is -0.355. The van der Waals surface area contributed by atoms with Crippen LogP contribution in [-0.2, 0) is 0 Å². The molecule has 0 radical (unpaired) electrons. The molecule has 0 aliphatic carbocycles. The number of carbonyl (C=O) groups excluding carboxylic acids is 2. The van der Waals surface area contributed by atoms with Crippen LogP contribution in [-0.4, -0.2) is 35.4 Å². The molecular formula is C17H14N4O2. The molecule has 1 aromatic heterocycles. The van der Waals surface area contributed by atoms with E-state index in [0.717, 1.165) is 0 Å².